The Morgan fingerprint density at radius 1 is 0.759 bits per heavy atom. The van der Waals surface area contributed by atoms with Crippen molar-refractivity contribution >= 4 is 40.7 Å². The van der Waals surface area contributed by atoms with E-state index in [1.165, 1.54) is 0 Å². The number of carbonyl (C=O) groups is 1. The minimum absolute atomic E-state index is 0.124. The predicted octanol–water partition coefficient (Wildman–Crippen LogP) is 6.72. The molecule has 1 fully saturated rings. The maximum atomic E-state index is 12.8. The molecule has 148 valence electrons. The summed E-state index contributed by atoms with van der Waals surface area (Å²) in [6, 6.07) is 18.6. The first-order valence-electron chi connectivity index (χ1n) is 9.42. The second-order valence-corrected chi connectivity index (χ2v) is 8.31. The SMILES string of the molecule is O=C(NN1CCCC1)c1ccc(-c2ccc(Cl)cc2)c(-c2ccc(Cl)cc2Cl)c1. The maximum absolute atomic E-state index is 12.8. The Morgan fingerprint density at radius 3 is 2.10 bits per heavy atom. The molecule has 0 aromatic heterocycles. The zero-order valence-electron chi connectivity index (χ0n) is 15.6. The van der Waals surface area contributed by atoms with Crippen LogP contribution in [0.3, 0.4) is 0 Å². The lowest BCUT2D eigenvalue weighted by molar-refractivity contribution is 0.0826. The predicted molar refractivity (Wildman–Crippen MR) is 121 cm³/mol. The normalized spacial score (nSPS) is 14.2. The zero-order chi connectivity index (χ0) is 20.4. The number of halogens is 3. The second-order valence-electron chi connectivity index (χ2n) is 7.03. The van der Waals surface area contributed by atoms with E-state index in [0.29, 0.717) is 20.6 Å². The minimum Gasteiger partial charge on any atom is -0.285 e. The average Bonchev–Trinajstić information content (AvgIpc) is 3.21. The van der Waals surface area contributed by atoms with Gasteiger partial charge in [-0.3, -0.25) is 10.2 Å². The molecule has 3 nitrogen and oxygen atoms in total. The van der Waals surface area contributed by atoms with Crippen LogP contribution in [0.15, 0.2) is 60.7 Å². The third-order valence-corrected chi connectivity index (χ3v) is 5.82. The number of nitrogens with one attached hydrogen (secondary N) is 1. The van der Waals surface area contributed by atoms with E-state index in [9.17, 15) is 4.79 Å². The maximum Gasteiger partial charge on any atom is 0.265 e. The van der Waals surface area contributed by atoms with Gasteiger partial charge in [0.05, 0.1) is 0 Å². The van der Waals surface area contributed by atoms with Gasteiger partial charge in [-0.2, -0.15) is 0 Å². The topological polar surface area (TPSA) is 32.3 Å². The molecule has 0 radical (unpaired) electrons. The van der Waals surface area contributed by atoms with Crippen LogP contribution in [-0.2, 0) is 0 Å². The molecule has 3 aromatic rings. The van der Waals surface area contributed by atoms with Crippen LogP contribution in [0.25, 0.3) is 22.3 Å². The van der Waals surface area contributed by atoms with Crippen LogP contribution in [0.1, 0.15) is 23.2 Å². The Bertz CT molecular complexity index is 1040. The monoisotopic (exact) mass is 444 g/mol. The van der Waals surface area contributed by atoms with Gasteiger partial charge in [0.25, 0.3) is 5.91 Å². The number of hydrogen-bond acceptors (Lipinski definition) is 2. The van der Waals surface area contributed by atoms with Gasteiger partial charge in [-0.15, -0.1) is 0 Å². The van der Waals surface area contributed by atoms with E-state index < -0.39 is 0 Å². The fourth-order valence-electron chi connectivity index (χ4n) is 3.53. The summed E-state index contributed by atoms with van der Waals surface area (Å²) in [6.45, 7) is 1.76. The van der Waals surface area contributed by atoms with Crippen molar-refractivity contribution in [3.8, 4) is 22.3 Å². The fraction of sp³-hybridized carbons (Fsp3) is 0.174. The number of hydrogen-bond donors (Lipinski definition) is 1. The van der Waals surface area contributed by atoms with Crippen molar-refractivity contribution in [3.05, 3.63) is 81.3 Å². The van der Waals surface area contributed by atoms with Gasteiger partial charge in [-0.05, 0) is 65.9 Å². The van der Waals surface area contributed by atoms with Crippen molar-refractivity contribution in [2.45, 2.75) is 12.8 Å². The quantitative estimate of drug-likeness (QED) is 0.483. The first-order chi connectivity index (χ1) is 14.0. The largest absolute Gasteiger partial charge is 0.285 e. The molecule has 6 heteroatoms. The lowest BCUT2D eigenvalue weighted by atomic mass is 9.92. The summed E-state index contributed by atoms with van der Waals surface area (Å²) in [6.07, 6.45) is 2.20. The fourth-order valence-corrected chi connectivity index (χ4v) is 4.17. The Kier molecular flexibility index (Phi) is 6.12. The van der Waals surface area contributed by atoms with Crippen LogP contribution in [-0.4, -0.2) is 24.0 Å². The van der Waals surface area contributed by atoms with Crippen LogP contribution < -0.4 is 5.43 Å². The van der Waals surface area contributed by atoms with Gasteiger partial charge in [0.2, 0.25) is 0 Å². The lowest BCUT2D eigenvalue weighted by Crippen LogP contribution is -2.39. The summed E-state index contributed by atoms with van der Waals surface area (Å²) in [5.41, 5.74) is 7.20. The standard InChI is InChI=1S/C23H19Cl3N2O/c24-17-6-3-15(4-7-17)19-9-5-16(23(29)27-28-11-1-2-12-28)13-21(19)20-10-8-18(25)14-22(20)26/h3-10,13-14H,1-2,11-12H2,(H,27,29). The summed E-state index contributed by atoms with van der Waals surface area (Å²) in [5.74, 6) is -0.124. The van der Waals surface area contributed by atoms with Gasteiger partial charge >= 0.3 is 0 Å². The van der Waals surface area contributed by atoms with Crippen LogP contribution in [0, 0.1) is 0 Å². The highest BCUT2D eigenvalue weighted by atomic mass is 35.5. The molecule has 0 bridgehead atoms. The van der Waals surface area contributed by atoms with Crippen molar-refractivity contribution < 1.29 is 4.79 Å². The molecule has 3 aromatic carbocycles. The van der Waals surface area contributed by atoms with Crippen molar-refractivity contribution in [1.82, 2.24) is 10.4 Å². The number of hydrazine groups is 1. The smallest absolute Gasteiger partial charge is 0.265 e. The Balaban J connectivity index is 1.78. The summed E-state index contributed by atoms with van der Waals surface area (Å²) >= 11 is 18.6. The molecule has 0 spiro atoms. The van der Waals surface area contributed by atoms with Crippen LogP contribution in [0.2, 0.25) is 15.1 Å². The van der Waals surface area contributed by atoms with Crippen molar-refractivity contribution in [1.29, 1.82) is 0 Å². The second kappa shape index (κ2) is 8.76. The molecule has 1 heterocycles. The number of amides is 1. The van der Waals surface area contributed by atoms with Crippen molar-refractivity contribution in [2.24, 2.45) is 0 Å². The van der Waals surface area contributed by atoms with Crippen LogP contribution in [0.5, 0.6) is 0 Å². The van der Waals surface area contributed by atoms with Crippen LogP contribution in [0.4, 0.5) is 0 Å². The molecule has 1 saturated heterocycles. The van der Waals surface area contributed by atoms with E-state index in [1.807, 2.05) is 53.5 Å². The number of nitrogens with zero attached hydrogens (tertiary/aromatic N) is 1. The van der Waals surface area contributed by atoms with E-state index in [-0.39, 0.29) is 5.91 Å². The molecule has 1 N–H and O–H groups in total. The molecule has 1 aliphatic heterocycles. The highest BCUT2D eigenvalue weighted by Gasteiger charge is 2.18. The van der Waals surface area contributed by atoms with Gasteiger partial charge in [0.15, 0.2) is 0 Å². The Hall–Kier alpha value is -2.04. The highest BCUT2D eigenvalue weighted by molar-refractivity contribution is 6.36. The van der Waals surface area contributed by atoms with Crippen molar-refractivity contribution in [2.75, 3.05) is 13.1 Å². The minimum atomic E-state index is -0.124. The third kappa shape index (κ3) is 4.59. The van der Waals surface area contributed by atoms with E-state index >= 15 is 0 Å². The Labute approximate surface area is 185 Å². The average molecular weight is 446 g/mol. The zero-order valence-corrected chi connectivity index (χ0v) is 17.9. The number of rotatable bonds is 4. The molecular weight excluding hydrogens is 427 g/mol. The van der Waals surface area contributed by atoms with E-state index in [0.717, 1.165) is 48.2 Å². The molecule has 1 aliphatic rings. The lowest BCUT2D eigenvalue weighted by Gasteiger charge is -2.18. The summed E-state index contributed by atoms with van der Waals surface area (Å²) in [7, 11) is 0. The summed E-state index contributed by atoms with van der Waals surface area (Å²) in [4.78, 5) is 12.8. The Morgan fingerprint density at radius 2 is 1.41 bits per heavy atom. The van der Waals surface area contributed by atoms with E-state index in [2.05, 4.69) is 5.43 Å². The van der Waals surface area contributed by atoms with Gasteiger partial charge < -0.3 is 0 Å². The van der Waals surface area contributed by atoms with Crippen molar-refractivity contribution in [3.63, 3.8) is 0 Å². The molecule has 4 rings (SSSR count). The van der Waals surface area contributed by atoms with Crippen LogP contribution >= 0.6 is 34.8 Å². The molecule has 0 aliphatic carbocycles. The first kappa shape index (κ1) is 20.2. The highest BCUT2D eigenvalue weighted by Crippen LogP contribution is 2.38. The van der Waals surface area contributed by atoms with E-state index in [4.69, 9.17) is 34.8 Å². The van der Waals surface area contributed by atoms with Gasteiger partial charge in [0, 0.05) is 39.3 Å². The first-order valence-corrected chi connectivity index (χ1v) is 10.6. The van der Waals surface area contributed by atoms with Gasteiger partial charge in [0.1, 0.15) is 0 Å². The number of benzene rings is 3. The molecular formula is C23H19Cl3N2O. The summed E-state index contributed by atoms with van der Waals surface area (Å²) < 4.78 is 0. The number of carbonyl (C=O) groups excluding carboxylic acids is 1. The molecule has 0 unspecified atom stereocenters. The van der Waals surface area contributed by atoms with Gasteiger partial charge in [-0.25, -0.2) is 5.01 Å². The molecule has 0 atom stereocenters. The van der Waals surface area contributed by atoms with Gasteiger partial charge in [-0.1, -0.05) is 59.1 Å². The summed E-state index contributed by atoms with van der Waals surface area (Å²) in [5, 5.41) is 3.73. The molecule has 29 heavy (non-hydrogen) atoms. The molecule has 1 amide bonds. The molecule has 0 saturated carbocycles. The third-order valence-electron chi connectivity index (χ3n) is 5.02. The van der Waals surface area contributed by atoms with E-state index in [1.54, 1.807) is 12.1 Å².